The normalized spacial score (nSPS) is 14.1. The van der Waals surface area contributed by atoms with Crippen molar-refractivity contribution in [2.75, 3.05) is 7.11 Å². The summed E-state index contributed by atoms with van der Waals surface area (Å²) < 4.78 is 27.1. The molecule has 4 aromatic heterocycles. The molecule has 2 aromatic carbocycles. The molecule has 11 heteroatoms. The van der Waals surface area contributed by atoms with Crippen molar-refractivity contribution in [1.82, 2.24) is 29.4 Å². The molecule has 0 aliphatic carbocycles. The Balaban J connectivity index is 1.34. The Kier molecular flexibility index (Phi) is 5.48. The standard InChI is InChI=1S/C28H21ClN6O4/c1-16-23-24(21-8-5-13-37-21)25-26-31-22(14-38-20-7-4-3-6-19(20)36-2)33-34(26)15-30-27(25)39-28(23)35(32-16)18-11-9-17(29)10-12-18/h3-13,15,24H,14H2,1-2H3/t24-/m0/s1. The topological polar surface area (TPSA) is 102 Å². The zero-order valence-electron chi connectivity index (χ0n) is 20.9. The molecule has 6 aromatic rings. The van der Waals surface area contributed by atoms with E-state index in [1.165, 1.54) is 0 Å². The molecular weight excluding hydrogens is 520 g/mol. The monoisotopic (exact) mass is 540 g/mol. The summed E-state index contributed by atoms with van der Waals surface area (Å²) in [6.45, 7) is 2.08. The molecular formula is C28H21ClN6O4. The van der Waals surface area contributed by atoms with E-state index in [9.17, 15) is 0 Å². The van der Waals surface area contributed by atoms with Crippen LogP contribution < -0.4 is 14.2 Å². The van der Waals surface area contributed by atoms with Gasteiger partial charge in [-0.3, -0.25) is 0 Å². The van der Waals surface area contributed by atoms with Crippen molar-refractivity contribution < 1.29 is 18.6 Å². The molecule has 0 unspecified atom stereocenters. The van der Waals surface area contributed by atoms with Crippen LogP contribution in [0.3, 0.4) is 0 Å². The number of furan rings is 1. The molecule has 194 valence electrons. The minimum Gasteiger partial charge on any atom is -0.493 e. The molecule has 0 fully saturated rings. The molecule has 0 saturated heterocycles. The Bertz CT molecular complexity index is 1810. The van der Waals surface area contributed by atoms with Gasteiger partial charge in [0.25, 0.3) is 0 Å². The highest BCUT2D eigenvalue weighted by molar-refractivity contribution is 6.30. The van der Waals surface area contributed by atoms with E-state index in [0.717, 1.165) is 22.5 Å². The minimum absolute atomic E-state index is 0.141. The molecule has 1 aliphatic rings. The molecule has 0 N–H and O–H groups in total. The van der Waals surface area contributed by atoms with E-state index in [2.05, 4.69) is 10.1 Å². The van der Waals surface area contributed by atoms with Gasteiger partial charge in [-0.05, 0) is 55.5 Å². The van der Waals surface area contributed by atoms with Gasteiger partial charge in [0.15, 0.2) is 23.0 Å². The van der Waals surface area contributed by atoms with Gasteiger partial charge < -0.3 is 18.6 Å². The van der Waals surface area contributed by atoms with Crippen LogP contribution in [-0.2, 0) is 6.61 Å². The first-order valence-electron chi connectivity index (χ1n) is 12.2. The number of para-hydroxylation sites is 2. The summed E-state index contributed by atoms with van der Waals surface area (Å²) in [6.07, 6.45) is 3.22. The number of methoxy groups -OCH3 is 1. The maximum Gasteiger partial charge on any atom is 0.230 e. The Morgan fingerprint density at radius 3 is 2.56 bits per heavy atom. The summed E-state index contributed by atoms with van der Waals surface area (Å²) >= 11 is 6.12. The molecule has 0 spiro atoms. The number of nitrogens with zero attached hydrogens (tertiary/aromatic N) is 6. The molecule has 5 heterocycles. The van der Waals surface area contributed by atoms with Crippen molar-refractivity contribution in [1.29, 1.82) is 0 Å². The molecule has 7 rings (SSSR count). The second-order valence-electron chi connectivity index (χ2n) is 8.94. The first-order chi connectivity index (χ1) is 19.1. The average molecular weight is 541 g/mol. The predicted octanol–water partition coefficient (Wildman–Crippen LogP) is 5.74. The largest absolute Gasteiger partial charge is 0.493 e. The molecule has 0 bridgehead atoms. The summed E-state index contributed by atoms with van der Waals surface area (Å²) in [5, 5.41) is 10.0. The van der Waals surface area contributed by atoms with Gasteiger partial charge in [-0.15, -0.1) is 5.10 Å². The number of halogens is 1. The van der Waals surface area contributed by atoms with Crippen LogP contribution in [0.5, 0.6) is 23.3 Å². The first-order valence-corrected chi connectivity index (χ1v) is 12.5. The van der Waals surface area contributed by atoms with Crippen LogP contribution in [-0.4, -0.2) is 36.5 Å². The zero-order chi connectivity index (χ0) is 26.5. The average Bonchev–Trinajstić information content (AvgIpc) is 3.71. The van der Waals surface area contributed by atoms with Crippen LogP contribution in [0.25, 0.3) is 11.3 Å². The van der Waals surface area contributed by atoms with Crippen LogP contribution in [0.2, 0.25) is 5.02 Å². The lowest BCUT2D eigenvalue weighted by atomic mass is 9.88. The van der Waals surface area contributed by atoms with Crippen molar-refractivity contribution in [2.45, 2.75) is 19.4 Å². The van der Waals surface area contributed by atoms with Gasteiger partial charge in [-0.2, -0.15) is 5.10 Å². The highest BCUT2D eigenvalue weighted by Gasteiger charge is 2.39. The van der Waals surface area contributed by atoms with Crippen molar-refractivity contribution in [3.05, 3.63) is 107 Å². The second kappa shape index (κ2) is 9.17. The maximum absolute atomic E-state index is 6.41. The van der Waals surface area contributed by atoms with E-state index in [-0.39, 0.29) is 12.5 Å². The van der Waals surface area contributed by atoms with Crippen LogP contribution in [0.1, 0.15) is 34.3 Å². The van der Waals surface area contributed by atoms with E-state index in [4.69, 9.17) is 40.3 Å². The SMILES string of the molecule is COc1ccccc1OCc1nc2c3c(ncn2n1)Oc1c(c(C)nn1-c1ccc(Cl)cc1)[C@@H]3c1ccco1. The number of ether oxygens (including phenoxy) is 3. The van der Waals surface area contributed by atoms with Crippen LogP contribution >= 0.6 is 11.6 Å². The van der Waals surface area contributed by atoms with Gasteiger partial charge in [0, 0.05) is 5.02 Å². The van der Waals surface area contributed by atoms with Crippen molar-refractivity contribution >= 4 is 17.2 Å². The summed E-state index contributed by atoms with van der Waals surface area (Å²) in [4.78, 5) is 9.41. The Morgan fingerprint density at radius 2 is 1.79 bits per heavy atom. The molecule has 1 atom stereocenters. The molecule has 0 radical (unpaired) electrons. The smallest absolute Gasteiger partial charge is 0.230 e. The second-order valence-corrected chi connectivity index (χ2v) is 9.38. The third kappa shape index (κ3) is 3.88. The van der Waals surface area contributed by atoms with Crippen molar-refractivity contribution in [3.8, 4) is 28.9 Å². The predicted molar refractivity (Wildman–Crippen MR) is 141 cm³/mol. The Morgan fingerprint density at radius 1 is 0.974 bits per heavy atom. The molecule has 10 nitrogen and oxygen atoms in total. The number of benzene rings is 2. The van der Waals surface area contributed by atoms with Gasteiger partial charge in [-0.1, -0.05) is 23.7 Å². The molecule has 0 amide bonds. The van der Waals surface area contributed by atoms with Gasteiger partial charge in [0.1, 0.15) is 18.7 Å². The zero-order valence-corrected chi connectivity index (χ0v) is 21.7. The lowest BCUT2D eigenvalue weighted by Crippen LogP contribution is -2.15. The number of fused-ring (bicyclic) bond motifs is 4. The summed E-state index contributed by atoms with van der Waals surface area (Å²) in [5.74, 6) is 3.01. The highest BCUT2D eigenvalue weighted by atomic mass is 35.5. The lowest BCUT2D eigenvalue weighted by molar-refractivity contribution is 0.276. The van der Waals surface area contributed by atoms with Gasteiger partial charge in [-0.25, -0.2) is 19.2 Å². The number of hydrogen-bond donors (Lipinski definition) is 0. The molecule has 39 heavy (non-hydrogen) atoms. The highest BCUT2D eigenvalue weighted by Crippen LogP contribution is 2.49. The number of aromatic nitrogens is 6. The van der Waals surface area contributed by atoms with E-state index < -0.39 is 0 Å². The number of rotatable bonds is 6. The molecule has 0 saturated carbocycles. The quantitative estimate of drug-likeness (QED) is 0.263. The van der Waals surface area contributed by atoms with Gasteiger partial charge in [0.05, 0.1) is 41.8 Å². The number of hydrogen-bond acceptors (Lipinski definition) is 8. The third-order valence-corrected chi connectivity index (χ3v) is 6.84. The van der Waals surface area contributed by atoms with E-state index >= 15 is 0 Å². The number of aryl methyl sites for hydroxylation is 1. The maximum atomic E-state index is 6.41. The summed E-state index contributed by atoms with van der Waals surface area (Å²) in [6, 6.07) is 18.6. The first kappa shape index (κ1) is 23.3. The van der Waals surface area contributed by atoms with Crippen LogP contribution in [0, 0.1) is 6.92 Å². The third-order valence-electron chi connectivity index (χ3n) is 6.59. The minimum atomic E-state index is -0.372. The van der Waals surface area contributed by atoms with Crippen molar-refractivity contribution in [3.63, 3.8) is 0 Å². The fraction of sp³-hybridized carbons (Fsp3) is 0.143. The van der Waals surface area contributed by atoms with Crippen LogP contribution in [0.4, 0.5) is 0 Å². The van der Waals surface area contributed by atoms with E-state index in [1.807, 2.05) is 67.6 Å². The van der Waals surface area contributed by atoms with Crippen LogP contribution in [0.15, 0.2) is 77.7 Å². The van der Waals surface area contributed by atoms with Gasteiger partial charge >= 0.3 is 0 Å². The van der Waals surface area contributed by atoms with E-state index in [1.54, 1.807) is 28.9 Å². The van der Waals surface area contributed by atoms with Gasteiger partial charge in [0.2, 0.25) is 11.8 Å². The Hall–Kier alpha value is -4.83. The summed E-state index contributed by atoms with van der Waals surface area (Å²) in [7, 11) is 1.60. The van der Waals surface area contributed by atoms with Crippen molar-refractivity contribution in [2.24, 2.45) is 0 Å². The molecule has 1 aliphatic heterocycles. The fourth-order valence-corrected chi connectivity index (χ4v) is 4.99. The van der Waals surface area contributed by atoms with E-state index in [0.29, 0.717) is 45.5 Å². The lowest BCUT2D eigenvalue weighted by Gasteiger charge is -2.24. The fourth-order valence-electron chi connectivity index (χ4n) is 4.86. The Labute approximate surface area is 227 Å². The summed E-state index contributed by atoms with van der Waals surface area (Å²) in [5.41, 5.74) is 3.77.